The summed E-state index contributed by atoms with van der Waals surface area (Å²) in [5, 5.41) is 25.0. The molecule has 11 heteroatoms. The second kappa shape index (κ2) is 12.8. The van der Waals surface area contributed by atoms with E-state index in [1.165, 1.54) is 6.42 Å². The number of aliphatic hydroxyl groups is 1. The summed E-state index contributed by atoms with van der Waals surface area (Å²) >= 11 is 0. The number of rotatable bonds is 13. The first-order valence-electron chi connectivity index (χ1n) is 13.6. The summed E-state index contributed by atoms with van der Waals surface area (Å²) in [6.07, 6.45) is 5.12. The third-order valence-electron chi connectivity index (χ3n) is 6.96. The lowest BCUT2D eigenvalue weighted by Gasteiger charge is -2.23. The van der Waals surface area contributed by atoms with Gasteiger partial charge in [-0.15, -0.1) is 0 Å². The molecule has 4 aromatic rings. The molecule has 0 saturated heterocycles. The van der Waals surface area contributed by atoms with Crippen molar-refractivity contribution in [2.24, 2.45) is 5.14 Å². The number of anilines is 1. The number of nitrogen functional groups attached to an aromatic ring is 1. The predicted octanol–water partition coefficient (Wildman–Crippen LogP) is 5.28. The van der Waals surface area contributed by atoms with Gasteiger partial charge in [0, 0.05) is 35.7 Å². The van der Waals surface area contributed by atoms with E-state index in [4.69, 9.17) is 19.9 Å². The van der Waals surface area contributed by atoms with Gasteiger partial charge in [-0.3, -0.25) is 0 Å². The standard InChI is InChI=1S/C29H37N5O5S/c1-4-6-7-8-12-15-24-32-29(34-39-24)26-20(5-2)25(19-13-10-9-11-14-19)28(40(31,36)37)21(27(26)30)17-22(35)23-16-18(3)33-38-23/h9-11,13-14,16,22,35H,4-8,12,15,17,30H2,1-3H3,(H2,31,36,37). The van der Waals surface area contributed by atoms with Gasteiger partial charge in [0.25, 0.3) is 0 Å². The van der Waals surface area contributed by atoms with Gasteiger partial charge in [0.05, 0.1) is 10.6 Å². The van der Waals surface area contributed by atoms with E-state index < -0.39 is 16.1 Å². The van der Waals surface area contributed by atoms with Gasteiger partial charge in [-0.1, -0.05) is 80.2 Å². The van der Waals surface area contributed by atoms with Gasteiger partial charge < -0.3 is 19.9 Å². The maximum Gasteiger partial charge on any atom is 0.239 e. The number of nitrogens with zero attached hydrogens (tertiary/aromatic N) is 3. The Morgan fingerprint density at radius 2 is 1.70 bits per heavy atom. The van der Waals surface area contributed by atoms with E-state index in [0.717, 1.165) is 25.7 Å². The Balaban J connectivity index is 1.91. The van der Waals surface area contributed by atoms with Crippen molar-refractivity contribution in [3.63, 3.8) is 0 Å². The van der Waals surface area contributed by atoms with Crippen LogP contribution in [0, 0.1) is 6.92 Å². The summed E-state index contributed by atoms with van der Waals surface area (Å²) < 4.78 is 37.2. The Bertz CT molecular complexity index is 1550. The second-order valence-corrected chi connectivity index (χ2v) is 11.5. The molecular formula is C29H37N5O5S. The molecule has 1 atom stereocenters. The molecule has 0 aliphatic heterocycles. The highest BCUT2D eigenvalue weighted by molar-refractivity contribution is 7.89. The second-order valence-electron chi connectivity index (χ2n) is 9.98. The maximum atomic E-state index is 13.2. The van der Waals surface area contributed by atoms with E-state index in [9.17, 15) is 13.5 Å². The van der Waals surface area contributed by atoms with Crippen LogP contribution in [0.2, 0.25) is 0 Å². The predicted molar refractivity (Wildman–Crippen MR) is 153 cm³/mol. The number of nitrogens with two attached hydrogens (primary N) is 2. The third kappa shape index (κ3) is 6.43. The number of unbranched alkanes of at least 4 members (excludes halogenated alkanes) is 4. The molecule has 0 amide bonds. The molecule has 0 bridgehead atoms. The van der Waals surface area contributed by atoms with Crippen molar-refractivity contribution in [2.45, 2.75) is 83.1 Å². The minimum atomic E-state index is -4.31. The van der Waals surface area contributed by atoms with Gasteiger partial charge in [-0.25, -0.2) is 13.6 Å². The van der Waals surface area contributed by atoms with Crippen molar-refractivity contribution in [1.82, 2.24) is 15.3 Å². The molecule has 214 valence electrons. The molecule has 2 heterocycles. The normalized spacial score (nSPS) is 12.6. The van der Waals surface area contributed by atoms with E-state index in [0.29, 0.717) is 46.7 Å². The molecule has 2 aromatic carbocycles. The first kappa shape index (κ1) is 29.4. The van der Waals surface area contributed by atoms with Crippen LogP contribution in [0.3, 0.4) is 0 Å². The lowest BCUT2D eigenvalue weighted by Crippen LogP contribution is -2.20. The lowest BCUT2D eigenvalue weighted by atomic mass is 9.87. The van der Waals surface area contributed by atoms with Gasteiger partial charge in [-0.2, -0.15) is 4.98 Å². The highest BCUT2D eigenvalue weighted by Crippen LogP contribution is 2.44. The van der Waals surface area contributed by atoms with Crippen LogP contribution in [0.5, 0.6) is 0 Å². The van der Waals surface area contributed by atoms with Crippen molar-refractivity contribution in [2.75, 3.05) is 5.73 Å². The van der Waals surface area contributed by atoms with Gasteiger partial charge in [0.2, 0.25) is 21.7 Å². The van der Waals surface area contributed by atoms with Crippen LogP contribution >= 0.6 is 0 Å². The fraction of sp³-hybridized carbons (Fsp3) is 0.414. The third-order valence-corrected chi connectivity index (χ3v) is 7.98. The Kier molecular flexibility index (Phi) is 9.39. The zero-order valence-electron chi connectivity index (χ0n) is 23.2. The summed E-state index contributed by atoms with van der Waals surface area (Å²) in [5.74, 6) is 0.940. The zero-order chi connectivity index (χ0) is 28.9. The van der Waals surface area contributed by atoms with Crippen LogP contribution in [0.1, 0.15) is 80.5 Å². The first-order valence-corrected chi connectivity index (χ1v) is 15.2. The van der Waals surface area contributed by atoms with Crippen LogP contribution in [0.4, 0.5) is 5.69 Å². The summed E-state index contributed by atoms with van der Waals surface area (Å²) in [4.78, 5) is 4.50. The Morgan fingerprint density at radius 3 is 2.33 bits per heavy atom. The van der Waals surface area contributed by atoms with Crippen molar-refractivity contribution in [3.05, 3.63) is 64.9 Å². The number of aromatic nitrogens is 3. The number of sulfonamides is 1. The highest BCUT2D eigenvalue weighted by Gasteiger charge is 2.32. The monoisotopic (exact) mass is 567 g/mol. The molecule has 0 radical (unpaired) electrons. The Morgan fingerprint density at radius 1 is 0.975 bits per heavy atom. The van der Waals surface area contributed by atoms with Gasteiger partial charge >= 0.3 is 0 Å². The van der Waals surface area contributed by atoms with E-state index >= 15 is 0 Å². The molecule has 0 spiro atoms. The van der Waals surface area contributed by atoms with Crippen molar-refractivity contribution in [1.29, 1.82) is 0 Å². The summed E-state index contributed by atoms with van der Waals surface area (Å²) in [7, 11) is -4.31. The van der Waals surface area contributed by atoms with Crippen LogP contribution in [0.15, 0.2) is 50.3 Å². The van der Waals surface area contributed by atoms with Crippen LogP contribution in [0.25, 0.3) is 22.5 Å². The summed E-state index contributed by atoms with van der Waals surface area (Å²) in [5.41, 5.74) is 9.70. The fourth-order valence-corrected chi connectivity index (χ4v) is 6.12. The minimum absolute atomic E-state index is 0.117. The number of aliphatic hydroxyl groups excluding tert-OH is 1. The average Bonchev–Trinajstić information content (AvgIpc) is 3.58. The molecule has 4 rings (SSSR count). The minimum Gasteiger partial charge on any atom is -0.398 e. The van der Waals surface area contributed by atoms with Gasteiger partial charge in [0.1, 0.15) is 6.10 Å². The molecule has 10 nitrogen and oxygen atoms in total. The molecule has 1 unspecified atom stereocenters. The van der Waals surface area contributed by atoms with Gasteiger partial charge in [0.15, 0.2) is 5.76 Å². The SMILES string of the molecule is CCCCCCCc1nc(-c2c(N)c(CC(O)c3cc(C)no3)c(S(N)(=O)=O)c(-c3ccccc3)c2CC)no1. The summed E-state index contributed by atoms with van der Waals surface area (Å²) in [6, 6.07) is 10.7. The topological polar surface area (TPSA) is 171 Å². The van der Waals surface area contributed by atoms with E-state index in [1.54, 1.807) is 25.1 Å². The van der Waals surface area contributed by atoms with Crippen LogP contribution in [-0.2, 0) is 29.3 Å². The zero-order valence-corrected chi connectivity index (χ0v) is 24.0. The maximum absolute atomic E-state index is 13.2. The summed E-state index contributed by atoms with van der Waals surface area (Å²) in [6.45, 7) is 5.80. The highest BCUT2D eigenvalue weighted by atomic mass is 32.2. The van der Waals surface area contributed by atoms with Crippen molar-refractivity contribution in [3.8, 4) is 22.5 Å². The van der Waals surface area contributed by atoms with Crippen molar-refractivity contribution >= 4 is 15.7 Å². The molecule has 0 saturated carbocycles. The van der Waals surface area contributed by atoms with E-state index in [1.807, 2.05) is 25.1 Å². The number of hydrogen-bond donors (Lipinski definition) is 3. The smallest absolute Gasteiger partial charge is 0.239 e. The average molecular weight is 568 g/mol. The van der Waals surface area contributed by atoms with E-state index in [-0.39, 0.29) is 34.2 Å². The first-order chi connectivity index (χ1) is 19.2. The molecular weight excluding hydrogens is 530 g/mol. The van der Waals surface area contributed by atoms with Crippen LogP contribution < -0.4 is 10.9 Å². The van der Waals surface area contributed by atoms with E-state index in [2.05, 4.69) is 22.2 Å². The molecule has 0 fully saturated rings. The Labute approximate surface area is 234 Å². The lowest BCUT2D eigenvalue weighted by molar-refractivity contribution is 0.139. The number of aryl methyl sites for hydroxylation is 2. The Hall–Kier alpha value is -3.54. The largest absolute Gasteiger partial charge is 0.398 e. The number of primary sulfonamides is 1. The van der Waals surface area contributed by atoms with Crippen LogP contribution in [-0.4, -0.2) is 28.8 Å². The fourth-order valence-electron chi connectivity index (χ4n) is 5.06. The molecule has 40 heavy (non-hydrogen) atoms. The molecule has 0 aliphatic rings. The molecule has 0 aliphatic carbocycles. The quantitative estimate of drug-likeness (QED) is 0.143. The van der Waals surface area contributed by atoms with Crippen molar-refractivity contribution < 1.29 is 22.6 Å². The number of benzene rings is 2. The molecule has 2 aromatic heterocycles. The van der Waals surface area contributed by atoms with Gasteiger partial charge in [-0.05, 0) is 36.5 Å². The molecule has 5 N–H and O–H groups in total. The number of hydrogen-bond acceptors (Lipinski definition) is 9.